The van der Waals surface area contributed by atoms with E-state index in [0.717, 1.165) is 5.56 Å². The largest absolute Gasteiger partial charge is 0.289 e. The first-order valence-corrected chi connectivity index (χ1v) is 7.48. The van der Waals surface area contributed by atoms with Crippen molar-refractivity contribution < 1.29 is 9.72 Å². The first-order valence-electron chi connectivity index (χ1n) is 7.48. The maximum absolute atomic E-state index is 12.8. The molecule has 0 radical (unpaired) electrons. The summed E-state index contributed by atoms with van der Waals surface area (Å²) in [4.78, 5) is 23.5. The van der Waals surface area contributed by atoms with Gasteiger partial charge in [-0.05, 0) is 29.5 Å². The monoisotopic (exact) mass is 307 g/mol. The number of allylic oxidation sites excluding steroid dienone is 1. The molecule has 2 aromatic carbocycles. The van der Waals surface area contributed by atoms with Gasteiger partial charge >= 0.3 is 0 Å². The molecule has 1 aliphatic rings. The molecule has 0 unspecified atom stereocenters. The zero-order valence-corrected chi connectivity index (χ0v) is 13.1. The average molecular weight is 307 g/mol. The second-order valence-corrected chi connectivity index (χ2v) is 6.42. The summed E-state index contributed by atoms with van der Waals surface area (Å²) in [7, 11) is 0. The predicted octanol–water partition coefficient (Wildman–Crippen LogP) is 4.54. The lowest BCUT2D eigenvalue weighted by atomic mass is 9.70. The first kappa shape index (κ1) is 15.2. The van der Waals surface area contributed by atoms with E-state index in [9.17, 15) is 14.9 Å². The number of fused-ring (bicyclic) bond motifs is 1. The molecule has 0 fully saturated rings. The molecule has 0 saturated heterocycles. The summed E-state index contributed by atoms with van der Waals surface area (Å²) >= 11 is 0. The summed E-state index contributed by atoms with van der Waals surface area (Å²) in [5.41, 5.74) is 2.64. The maximum Gasteiger partial charge on any atom is 0.276 e. The van der Waals surface area contributed by atoms with Crippen LogP contribution in [0.15, 0.2) is 54.1 Å². The van der Waals surface area contributed by atoms with E-state index in [1.165, 1.54) is 6.07 Å². The number of ketones is 1. The summed E-state index contributed by atoms with van der Waals surface area (Å²) in [6, 6.07) is 14.1. The molecule has 2 aromatic rings. The second-order valence-electron chi connectivity index (χ2n) is 6.42. The van der Waals surface area contributed by atoms with Crippen LogP contribution in [-0.4, -0.2) is 10.7 Å². The van der Waals surface area contributed by atoms with E-state index in [2.05, 4.69) is 13.8 Å². The molecule has 0 atom stereocenters. The van der Waals surface area contributed by atoms with E-state index in [4.69, 9.17) is 0 Å². The number of para-hydroxylation sites is 1. The molecule has 0 N–H and O–H groups in total. The fourth-order valence-electron chi connectivity index (χ4n) is 3.18. The predicted molar refractivity (Wildman–Crippen MR) is 89.5 cm³/mol. The van der Waals surface area contributed by atoms with Gasteiger partial charge in [0.05, 0.1) is 10.5 Å². The normalized spacial score (nSPS) is 17.8. The van der Waals surface area contributed by atoms with Crippen molar-refractivity contribution in [3.05, 3.63) is 80.9 Å². The lowest BCUT2D eigenvalue weighted by molar-refractivity contribution is -0.385. The quantitative estimate of drug-likeness (QED) is 0.465. The second kappa shape index (κ2) is 5.47. The zero-order valence-electron chi connectivity index (χ0n) is 13.1. The molecule has 3 rings (SSSR count). The van der Waals surface area contributed by atoms with Crippen LogP contribution >= 0.6 is 0 Å². The summed E-state index contributed by atoms with van der Waals surface area (Å²) < 4.78 is 0. The van der Waals surface area contributed by atoms with Crippen molar-refractivity contribution >= 4 is 17.5 Å². The van der Waals surface area contributed by atoms with Crippen LogP contribution in [0.4, 0.5) is 5.69 Å². The van der Waals surface area contributed by atoms with Crippen LogP contribution in [-0.2, 0) is 5.41 Å². The van der Waals surface area contributed by atoms with Gasteiger partial charge in [0, 0.05) is 17.2 Å². The highest BCUT2D eigenvalue weighted by atomic mass is 16.6. The molecule has 0 amide bonds. The number of rotatable bonds is 2. The van der Waals surface area contributed by atoms with Gasteiger partial charge in [0.25, 0.3) is 5.69 Å². The first-order chi connectivity index (χ1) is 10.9. The molecule has 116 valence electrons. The van der Waals surface area contributed by atoms with Gasteiger partial charge < -0.3 is 0 Å². The third kappa shape index (κ3) is 2.68. The lowest BCUT2D eigenvalue weighted by Crippen LogP contribution is -2.29. The minimum Gasteiger partial charge on any atom is -0.289 e. The number of nitro groups is 1. The zero-order chi connectivity index (χ0) is 16.6. The Morgan fingerprint density at radius 3 is 2.48 bits per heavy atom. The number of benzene rings is 2. The highest BCUT2D eigenvalue weighted by Crippen LogP contribution is 2.40. The van der Waals surface area contributed by atoms with Gasteiger partial charge in [-0.1, -0.05) is 50.2 Å². The molecule has 0 aliphatic heterocycles. The number of Topliss-reactive ketones (excluding diaryl/α,β-unsaturated/α-hetero) is 1. The van der Waals surface area contributed by atoms with E-state index in [-0.39, 0.29) is 16.9 Å². The smallest absolute Gasteiger partial charge is 0.276 e. The third-order valence-electron chi connectivity index (χ3n) is 4.29. The molecular formula is C19H17NO3. The van der Waals surface area contributed by atoms with Crippen LogP contribution in [0.1, 0.15) is 41.8 Å². The molecule has 4 nitrogen and oxygen atoms in total. The third-order valence-corrected chi connectivity index (χ3v) is 4.29. The molecule has 4 heteroatoms. The van der Waals surface area contributed by atoms with Crippen molar-refractivity contribution in [3.8, 4) is 0 Å². The summed E-state index contributed by atoms with van der Waals surface area (Å²) in [6.07, 6.45) is 2.23. The summed E-state index contributed by atoms with van der Waals surface area (Å²) in [5, 5.41) is 11.2. The fraction of sp³-hybridized carbons (Fsp3) is 0.211. The molecule has 0 aromatic heterocycles. The number of hydrogen-bond donors (Lipinski definition) is 0. The molecule has 23 heavy (non-hydrogen) atoms. The Labute approximate surface area is 134 Å². The van der Waals surface area contributed by atoms with E-state index in [1.54, 1.807) is 24.3 Å². The van der Waals surface area contributed by atoms with Gasteiger partial charge in [-0.2, -0.15) is 0 Å². The van der Waals surface area contributed by atoms with E-state index in [0.29, 0.717) is 23.1 Å². The van der Waals surface area contributed by atoms with Gasteiger partial charge in [-0.25, -0.2) is 0 Å². The van der Waals surface area contributed by atoms with E-state index >= 15 is 0 Å². The Hall–Kier alpha value is -2.75. The Bertz CT molecular complexity index is 834. The summed E-state index contributed by atoms with van der Waals surface area (Å²) in [6.45, 7) is 4.18. The summed E-state index contributed by atoms with van der Waals surface area (Å²) in [5.74, 6) is -0.0434. The highest BCUT2D eigenvalue weighted by molar-refractivity contribution is 6.13. The van der Waals surface area contributed by atoms with Crippen LogP contribution in [0.25, 0.3) is 6.08 Å². The van der Waals surface area contributed by atoms with Gasteiger partial charge in [0.2, 0.25) is 0 Å². The van der Waals surface area contributed by atoms with Crippen LogP contribution in [0.2, 0.25) is 0 Å². The Kier molecular flexibility index (Phi) is 3.60. The van der Waals surface area contributed by atoms with Crippen molar-refractivity contribution in [1.29, 1.82) is 0 Å². The van der Waals surface area contributed by atoms with E-state index in [1.807, 2.05) is 24.3 Å². The Morgan fingerprint density at radius 1 is 1.09 bits per heavy atom. The number of hydrogen-bond acceptors (Lipinski definition) is 3. The maximum atomic E-state index is 12.8. The van der Waals surface area contributed by atoms with Gasteiger partial charge in [0.15, 0.2) is 5.78 Å². The lowest BCUT2D eigenvalue weighted by Gasteiger charge is -2.33. The number of nitro benzene ring substituents is 1. The molecular weight excluding hydrogens is 290 g/mol. The Balaban J connectivity index is 2.13. The number of nitrogens with zero attached hydrogens (tertiary/aromatic N) is 1. The van der Waals surface area contributed by atoms with Gasteiger partial charge in [-0.15, -0.1) is 0 Å². The van der Waals surface area contributed by atoms with Crippen LogP contribution < -0.4 is 0 Å². The van der Waals surface area contributed by atoms with Crippen molar-refractivity contribution in [3.63, 3.8) is 0 Å². The molecule has 0 bridgehead atoms. The highest BCUT2D eigenvalue weighted by Gasteiger charge is 2.34. The number of carbonyl (C=O) groups is 1. The number of carbonyl (C=O) groups excluding carboxylic acids is 1. The van der Waals surface area contributed by atoms with Gasteiger partial charge in [-0.3, -0.25) is 14.9 Å². The van der Waals surface area contributed by atoms with Crippen LogP contribution in [0, 0.1) is 10.1 Å². The van der Waals surface area contributed by atoms with Crippen LogP contribution in [0.5, 0.6) is 0 Å². The van der Waals surface area contributed by atoms with E-state index < -0.39 is 4.92 Å². The Morgan fingerprint density at radius 2 is 1.74 bits per heavy atom. The molecule has 0 heterocycles. The standard InChI is InChI=1S/C19H17NO3/c1-19(2)12-14(18(21)15-8-4-5-9-16(15)19)11-13-7-3-6-10-17(13)20(22)23/h3-11H,12H2,1-2H3/b14-11-. The topological polar surface area (TPSA) is 60.2 Å². The minimum atomic E-state index is -0.418. The molecule has 1 aliphatic carbocycles. The minimum absolute atomic E-state index is 0.0180. The van der Waals surface area contributed by atoms with Crippen LogP contribution in [0.3, 0.4) is 0 Å². The van der Waals surface area contributed by atoms with Crippen molar-refractivity contribution in [1.82, 2.24) is 0 Å². The SMILES string of the molecule is CC1(C)C/C(=C/c2ccccc2[N+](=O)[O-])C(=O)c2ccccc21. The average Bonchev–Trinajstić information content (AvgIpc) is 2.52. The van der Waals surface area contributed by atoms with Crippen molar-refractivity contribution in [2.24, 2.45) is 0 Å². The molecule has 0 saturated carbocycles. The molecule has 0 spiro atoms. The fourth-order valence-corrected chi connectivity index (χ4v) is 3.18. The van der Waals surface area contributed by atoms with Crippen molar-refractivity contribution in [2.75, 3.05) is 0 Å². The van der Waals surface area contributed by atoms with Gasteiger partial charge in [0.1, 0.15) is 0 Å². The van der Waals surface area contributed by atoms with Crippen molar-refractivity contribution in [2.45, 2.75) is 25.7 Å².